The highest BCUT2D eigenvalue weighted by Gasteiger charge is 2.21. The first kappa shape index (κ1) is 27.5. The molecule has 0 N–H and O–H groups in total. The summed E-state index contributed by atoms with van der Waals surface area (Å²) < 4.78 is 13.1. The molecule has 2 aromatic heterocycles. The third-order valence-electron chi connectivity index (χ3n) is 9.66. The summed E-state index contributed by atoms with van der Waals surface area (Å²) in [5.74, 6) is 0. The van der Waals surface area contributed by atoms with Crippen LogP contribution in [0.5, 0.6) is 0 Å². The Morgan fingerprint density at radius 3 is 1.78 bits per heavy atom. The highest BCUT2D eigenvalue weighted by molar-refractivity contribution is 6.25. The molecule has 0 aliphatic rings. The van der Waals surface area contributed by atoms with Gasteiger partial charge in [-0.3, -0.25) is 0 Å². The zero-order valence-corrected chi connectivity index (χ0v) is 26.5. The summed E-state index contributed by atoms with van der Waals surface area (Å²) in [5.41, 5.74) is 11.3. The molecule has 2 heterocycles. The molecule has 0 radical (unpaired) electrons. The Bertz CT molecular complexity index is 2810. The van der Waals surface area contributed by atoms with E-state index in [9.17, 15) is 0 Å². The van der Waals surface area contributed by atoms with E-state index in [1.807, 2.05) is 12.1 Å². The Balaban J connectivity index is 1.15. The molecule has 0 amide bonds. The molecule has 8 aromatic carbocycles. The fourth-order valence-corrected chi connectivity index (χ4v) is 7.48. The summed E-state index contributed by atoms with van der Waals surface area (Å²) in [6.45, 7) is 0. The van der Waals surface area contributed by atoms with Crippen molar-refractivity contribution in [2.24, 2.45) is 0 Å². The third kappa shape index (κ3) is 4.37. The second kappa shape index (κ2) is 11.0. The number of nitrogens with zero attached hydrogens (tertiary/aromatic N) is 1. The first-order valence-electron chi connectivity index (χ1n) is 16.6. The Morgan fingerprint density at radius 1 is 0.347 bits per heavy atom. The van der Waals surface area contributed by atoms with Crippen molar-refractivity contribution in [3.63, 3.8) is 0 Å². The van der Waals surface area contributed by atoms with E-state index in [2.05, 4.69) is 169 Å². The summed E-state index contributed by atoms with van der Waals surface area (Å²) in [6.07, 6.45) is 0. The van der Waals surface area contributed by atoms with Crippen molar-refractivity contribution in [2.75, 3.05) is 4.90 Å². The zero-order valence-electron chi connectivity index (χ0n) is 26.5. The Labute approximate surface area is 282 Å². The zero-order chi connectivity index (χ0) is 32.3. The van der Waals surface area contributed by atoms with Gasteiger partial charge in [-0.1, -0.05) is 127 Å². The van der Waals surface area contributed by atoms with Crippen LogP contribution in [0.25, 0.3) is 76.9 Å². The van der Waals surface area contributed by atoms with Crippen LogP contribution in [0.1, 0.15) is 0 Å². The van der Waals surface area contributed by atoms with Gasteiger partial charge in [-0.2, -0.15) is 0 Å². The second-order valence-electron chi connectivity index (χ2n) is 12.5. The van der Waals surface area contributed by atoms with E-state index >= 15 is 0 Å². The fourth-order valence-electron chi connectivity index (χ4n) is 7.48. The quantitative estimate of drug-likeness (QED) is 0.190. The number of benzene rings is 8. The third-order valence-corrected chi connectivity index (χ3v) is 9.66. The van der Waals surface area contributed by atoms with Gasteiger partial charge in [0.25, 0.3) is 0 Å². The van der Waals surface area contributed by atoms with Crippen molar-refractivity contribution in [1.29, 1.82) is 0 Å². The van der Waals surface area contributed by atoms with Crippen molar-refractivity contribution in [3.8, 4) is 22.3 Å². The summed E-state index contributed by atoms with van der Waals surface area (Å²) in [4.78, 5) is 2.28. The maximum Gasteiger partial charge on any atom is 0.159 e. The Kier molecular flexibility index (Phi) is 6.18. The predicted octanol–water partition coefficient (Wildman–Crippen LogP) is 13.4. The van der Waals surface area contributed by atoms with Gasteiger partial charge >= 0.3 is 0 Å². The van der Waals surface area contributed by atoms with Crippen LogP contribution in [-0.4, -0.2) is 0 Å². The van der Waals surface area contributed by atoms with Crippen molar-refractivity contribution >= 4 is 71.7 Å². The molecule has 49 heavy (non-hydrogen) atoms. The minimum atomic E-state index is 0.869. The second-order valence-corrected chi connectivity index (χ2v) is 12.5. The highest BCUT2D eigenvalue weighted by Crippen LogP contribution is 2.45. The molecule has 0 fully saturated rings. The molecule has 0 atom stereocenters. The summed E-state index contributed by atoms with van der Waals surface area (Å²) >= 11 is 0. The molecule has 10 aromatic rings. The number of furan rings is 2. The molecule has 3 heteroatoms. The number of hydrogen-bond donors (Lipinski definition) is 0. The minimum Gasteiger partial charge on any atom is -0.456 e. The topological polar surface area (TPSA) is 29.5 Å². The van der Waals surface area contributed by atoms with Crippen molar-refractivity contribution in [1.82, 2.24) is 0 Å². The molecule has 10 rings (SSSR count). The van der Waals surface area contributed by atoms with E-state index in [1.54, 1.807) is 0 Å². The van der Waals surface area contributed by atoms with Gasteiger partial charge < -0.3 is 13.7 Å². The van der Waals surface area contributed by atoms with Crippen LogP contribution in [0.15, 0.2) is 185 Å². The molecular formula is C46H29NO2. The maximum atomic E-state index is 6.61. The van der Waals surface area contributed by atoms with Crippen LogP contribution in [0, 0.1) is 0 Å². The number of fused-ring (bicyclic) bond motifs is 8. The lowest BCUT2D eigenvalue weighted by Crippen LogP contribution is -2.10. The molecule has 0 bridgehead atoms. The van der Waals surface area contributed by atoms with Crippen LogP contribution < -0.4 is 4.90 Å². The molecule has 0 aliphatic carbocycles. The fraction of sp³-hybridized carbons (Fsp3) is 0. The highest BCUT2D eigenvalue weighted by atomic mass is 16.3. The predicted molar refractivity (Wildman–Crippen MR) is 204 cm³/mol. The van der Waals surface area contributed by atoms with Gasteiger partial charge in [-0.05, 0) is 81.6 Å². The standard InChI is InChI=1S/C46H29NO2/c1-3-13-30(14-4-1)39-29-43-45(37-19-8-7-17-35(37)39)44-34(20-12-24-42(44)48-43)31-25-27-33(28-26-31)47(32-15-5-2-6-16-32)40-22-11-21-38-36-18-9-10-23-41(36)49-46(38)40/h1-29H. The molecule has 3 nitrogen and oxygen atoms in total. The smallest absolute Gasteiger partial charge is 0.159 e. The number of rotatable bonds is 5. The van der Waals surface area contributed by atoms with Crippen LogP contribution >= 0.6 is 0 Å². The van der Waals surface area contributed by atoms with Gasteiger partial charge in [0.2, 0.25) is 0 Å². The number of hydrogen-bond acceptors (Lipinski definition) is 3. The van der Waals surface area contributed by atoms with E-state index in [-0.39, 0.29) is 0 Å². The Hall–Kier alpha value is -6.58. The van der Waals surface area contributed by atoms with Gasteiger partial charge in [0.1, 0.15) is 16.7 Å². The van der Waals surface area contributed by atoms with Gasteiger partial charge in [0, 0.05) is 32.9 Å². The van der Waals surface area contributed by atoms with E-state index in [4.69, 9.17) is 8.83 Å². The maximum absolute atomic E-state index is 6.61. The van der Waals surface area contributed by atoms with E-state index in [1.165, 1.54) is 21.9 Å². The lowest BCUT2D eigenvalue weighted by molar-refractivity contribution is 0.669. The van der Waals surface area contributed by atoms with Crippen molar-refractivity contribution in [3.05, 3.63) is 176 Å². The lowest BCUT2D eigenvalue weighted by Gasteiger charge is -2.25. The van der Waals surface area contributed by atoms with Crippen molar-refractivity contribution < 1.29 is 8.83 Å². The number of para-hydroxylation sites is 3. The van der Waals surface area contributed by atoms with E-state index in [0.717, 1.165) is 72.1 Å². The molecule has 0 unspecified atom stereocenters. The summed E-state index contributed by atoms with van der Waals surface area (Å²) in [6, 6.07) is 61.8. The minimum absolute atomic E-state index is 0.869. The normalized spacial score (nSPS) is 11.7. The van der Waals surface area contributed by atoms with Crippen LogP contribution in [-0.2, 0) is 0 Å². The monoisotopic (exact) mass is 627 g/mol. The van der Waals surface area contributed by atoms with Gasteiger partial charge in [-0.25, -0.2) is 0 Å². The summed E-state index contributed by atoms with van der Waals surface area (Å²) in [7, 11) is 0. The Morgan fingerprint density at radius 2 is 0.959 bits per heavy atom. The summed E-state index contributed by atoms with van der Waals surface area (Å²) in [5, 5.41) is 6.90. The SMILES string of the molecule is c1ccc(-c2cc3oc4cccc(-c5ccc(N(c6ccccc6)c6cccc7c6oc6ccccc67)cc5)c4c3c3ccccc23)cc1. The van der Waals surface area contributed by atoms with E-state index in [0.29, 0.717) is 0 Å². The molecule has 0 spiro atoms. The largest absolute Gasteiger partial charge is 0.456 e. The molecule has 230 valence electrons. The van der Waals surface area contributed by atoms with Gasteiger partial charge in [0.15, 0.2) is 5.58 Å². The molecular weight excluding hydrogens is 599 g/mol. The number of anilines is 3. The van der Waals surface area contributed by atoms with E-state index < -0.39 is 0 Å². The first-order chi connectivity index (χ1) is 24.3. The average molecular weight is 628 g/mol. The van der Waals surface area contributed by atoms with Crippen LogP contribution in [0.3, 0.4) is 0 Å². The van der Waals surface area contributed by atoms with Gasteiger partial charge in [-0.15, -0.1) is 0 Å². The average Bonchev–Trinajstić information content (AvgIpc) is 3.75. The first-order valence-corrected chi connectivity index (χ1v) is 16.6. The van der Waals surface area contributed by atoms with Crippen LogP contribution in [0.4, 0.5) is 17.1 Å². The molecule has 0 saturated carbocycles. The molecule has 0 saturated heterocycles. The van der Waals surface area contributed by atoms with Gasteiger partial charge in [0.05, 0.1) is 5.69 Å². The lowest BCUT2D eigenvalue weighted by atomic mass is 9.92. The van der Waals surface area contributed by atoms with Crippen LogP contribution in [0.2, 0.25) is 0 Å². The molecule has 0 aliphatic heterocycles. The van der Waals surface area contributed by atoms with Crippen molar-refractivity contribution in [2.45, 2.75) is 0 Å².